The van der Waals surface area contributed by atoms with Gasteiger partial charge in [0.25, 0.3) is 5.91 Å². The summed E-state index contributed by atoms with van der Waals surface area (Å²) >= 11 is 1.43. The molecule has 132 valence electrons. The second kappa shape index (κ2) is 6.82. The largest absolute Gasteiger partial charge is 0.388 e. The molecule has 2 N–H and O–H groups in total. The Morgan fingerprint density at radius 3 is 2.96 bits per heavy atom. The molecule has 2 fully saturated rings. The maximum Gasteiger partial charge on any atom is 0.264 e. The van der Waals surface area contributed by atoms with Crippen molar-refractivity contribution in [3.8, 4) is 0 Å². The number of likely N-dealkylation sites (tertiary alicyclic amines) is 1. The first-order chi connectivity index (χ1) is 11.4. The highest BCUT2D eigenvalue weighted by atomic mass is 32.1. The van der Waals surface area contributed by atoms with Crippen molar-refractivity contribution in [2.45, 2.75) is 56.9 Å². The summed E-state index contributed by atoms with van der Waals surface area (Å²) in [6, 6.07) is 3.04. The van der Waals surface area contributed by atoms with E-state index >= 15 is 0 Å². The first-order valence-electron chi connectivity index (χ1n) is 8.34. The van der Waals surface area contributed by atoms with E-state index < -0.39 is 11.6 Å². The van der Waals surface area contributed by atoms with Crippen LogP contribution in [-0.4, -0.2) is 58.8 Å². The highest BCUT2D eigenvalue weighted by Crippen LogP contribution is 2.33. The van der Waals surface area contributed by atoms with Crippen LogP contribution in [0.2, 0.25) is 0 Å². The monoisotopic (exact) mass is 352 g/mol. The molecule has 0 aliphatic carbocycles. The van der Waals surface area contributed by atoms with E-state index in [-0.39, 0.29) is 30.6 Å². The number of carbonyl (C=O) groups is 2. The minimum Gasteiger partial charge on any atom is -0.388 e. The van der Waals surface area contributed by atoms with Crippen molar-refractivity contribution >= 4 is 23.2 Å². The molecule has 0 aromatic carbocycles. The van der Waals surface area contributed by atoms with Crippen LogP contribution in [0.5, 0.6) is 0 Å². The third-order valence-electron chi connectivity index (χ3n) is 4.94. The Morgan fingerprint density at radius 2 is 2.29 bits per heavy atom. The number of hydrogen-bond donors (Lipinski definition) is 2. The van der Waals surface area contributed by atoms with Gasteiger partial charge in [-0.05, 0) is 31.2 Å². The molecular formula is C17H24N2O4S. The number of amides is 2. The lowest BCUT2D eigenvalue weighted by molar-refractivity contribution is -0.122. The maximum atomic E-state index is 12.8. The van der Waals surface area contributed by atoms with Gasteiger partial charge in [0.2, 0.25) is 5.91 Å². The zero-order valence-corrected chi connectivity index (χ0v) is 14.8. The molecule has 0 radical (unpaired) electrons. The Hall–Kier alpha value is -1.44. The second-order valence-electron chi connectivity index (χ2n) is 6.87. The number of rotatable bonds is 2. The fraction of sp³-hybridized carbons (Fsp3) is 0.647. The van der Waals surface area contributed by atoms with Gasteiger partial charge in [-0.25, -0.2) is 0 Å². The van der Waals surface area contributed by atoms with Gasteiger partial charge in [0.1, 0.15) is 0 Å². The lowest BCUT2D eigenvalue weighted by Crippen LogP contribution is -2.56. The second-order valence-corrected chi connectivity index (χ2v) is 7.82. The molecule has 0 bridgehead atoms. The molecule has 2 aliphatic rings. The number of piperidine rings is 1. The molecule has 4 atom stereocenters. The summed E-state index contributed by atoms with van der Waals surface area (Å²) in [5, 5.41) is 15.6. The van der Waals surface area contributed by atoms with Crippen LogP contribution in [0.25, 0.3) is 0 Å². The van der Waals surface area contributed by atoms with Crippen molar-refractivity contribution in [3.63, 3.8) is 0 Å². The molecule has 2 amide bonds. The molecule has 0 saturated carbocycles. The van der Waals surface area contributed by atoms with Crippen molar-refractivity contribution in [2.24, 2.45) is 0 Å². The van der Waals surface area contributed by atoms with Crippen LogP contribution >= 0.6 is 11.3 Å². The molecule has 6 nitrogen and oxygen atoms in total. The van der Waals surface area contributed by atoms with Crippen molar-refractivity contribution in [2.75, 3.05) is 13.2 Å². The molecule has 1 aromatic rings. The fourth-order valence-corrected chi connectivity index (χ4v) is 4.34. The quantitative estimate of drug-likeness (QED) is 0.843. The Bertz CT molecular complexity index is 602. The molecule has 24 heavy (non-hydrogen) atoms. The average molecular weight is 352 g/mol. The number of nitrogens with zero attached hydrogens (tertiary/aromatic N) is 1. The van der Waals surface area contributed by atoms with Gasteiger partial charge in [0, 0.05) is 19.9 Å². The zero-order chi connectivity index (χ0) is 17.3. The molecule has 0 spiro atoms. The van der Waals surface area contributed by atoms with Gasteiger partial charge in [-0.2, -0.15) is 0 Å². The van der Waals surface area contributed by atoms with Crippen LogP contribution in [0.4, 0.5) is 0 Å². The fourth-order valence-electron chi connectivity index (χ4n) is 3.66. The number of carbonyl (C=O) groups excluding carboxylic acids is 2. The van der Waals surface area contributed by atoms with Crippen LogP contribution < -0.4 is 5.32 Å². The normalized spacial score (nSPS) is 33.5. The number of fused-ring (bicyclic) bond motifs is 1. The molecule has 3 rings (SSSR count). The van der Waals surface area contributed by atoms with Gasteiger partial charge in [0.05, 0.1) is 35.3 Å². The first kappa shape index (κ1) is 17.4. The van der Waals surface area contributed by atoms with Gasteiger partial charge in [0.15, 0.2) is 0 Å². The number of nitrogens with one attached hydrogen (secondary N) is 1. The van der Waals surface area contributed by atoms with Crippen molar-refractivity contribution in [3.05, 3.63) is 22.4 Å². The van der Waals surface area contributed by atoms with Gasteiger partial charge in [-0.1, -0.05) is 6.07 Å². The van der Waals surface area contributed by atoms with Crippen LogP contribution in [0, 0.1) is 0 Å². The summed E-state index contributed by atoms with van der Waals surface area (Å²) in [6.07, 6.45) is 2.03. The number of hydrogen-bond acceptors (Lipinski definition) is 5. The summed E-state index contributed by atoms with van der Waals surface area (Å²) in [4.78, 5) is 26.8. The summed E-state index contributed by atoms with van der Waals surface area (Å²) < 4.78 is 5.99. The maximum absolute atomic E-state index is 12.8. The third-order valence-corrected chi connectivity index (χ3v) is 5.80. The summed E-state index contributed by atoms with van der Waals surface area (Å²) in [5.41, 5.74) is -1.13. The first-order valence-corrected chi connectivity index (χ1v) is 9.22. The summed E-state index contributed by atoms with van der Waals surface area (Å²) in [7, 11) is 0. The van der Waals surface area contributed by atoms with Crippen LogP contribution in [0.3, 0.4) is 0 Å². The van der Waals surface area contributed by atoms with Gasteiger partial charge in [-0.15, -0.1) is 11.3 Å². The Morgan fingerprint density at radius 1 is 1.50 bits per heavy atom. The number of ether oxygens (including phenoxy) is 1. The highest BCUT2D eigenvalue weighted by molar-refractivity contribution is 7.12. The van der Waals surface area contributed by atoms with Gasteiger partial charge in [-0.3, -0.25) is 9.59 Å². The molecular weight excluding hydrogens is 328 g/mol. The minimum absolute atomic E-state index is 0.00271. The molecule has 2 aliphatic heterocycles. The lowest BCUT2D eigenvalue weighted by atomic mass is 9.85. The summed E-state index contributed by atoms with van der Waals surface area (Å²) in [6.45, 7) is 4.07. The van der Waals surface area contributed by atoms with Crippen LogP contribution in [0.15, 0.2) is 17.5 Å². The molecule has 1 aromatic heterocycles. The predicted molar refractivity (Wildman–Crippen MR) is 91.0 cm³/mol. The van der Waals surface area contributed by atoms with E-state index in [1.54, 1.807) is 6.92 Å². The van der Waals surface area contributed by atoms with Crippen molar-refractivity contribution < 1.29 is 19.4 Å². The van der Waals surface area contributed by atoms with Crippen LogP contribution in [-0.2, 0) is 9.53 Å². The number of aliphatic hydroxyl groups is 1. The average Bonchev–Trinajstić information content (AvgIpc) is 3.01. The van der Waals surface area contributed by atoms with E-state index in [1.165, 1.54) is 18.3 Å². The SMILES string of the molecule is CC(=O)N[C@@H]1CO[C@@H]2CCCN(C(=O)c3cccs3)[C@@H]2C[C@@]1(C)O. The Kier molecular flexibility index (Phi) is 4.94. The molecule has 0 unspecified atom stereocenters. The smallest absolute Gasteiger partial charge is 0.264 e. The lowest BCUT2D eigenvalue weighted by Gasteiger charge is -2.41. The van der Waals surface area contributed by atoms with Gasteiger partial charge < -0.3 is 20.1 Å². The van der Waals surface area contributed by atoms with E-state index in [1.807, 2.05) is 22.4 Å². The van der Waals surface area contributed by atoms with E-state index in [0.29, 0.717) is 17.8 Å². The van der Waals surface area contributed by atoms with E-state index in [0.717, 1.165) is 12.8 Å². The van der Waals surface area contributed by atoms with Gasteiger partial charge >= 0.3 is 0 Å². The van der Waals surface area contributed by atoms with Crippen LogP contribution in [0.1, 0.15) is 42.8 Å². The van der Waals surface area contributed by atoms with E-state index in [2.05, 4.69) is 5.32 Å². The minimum atomic E-state index is -1.13. The third kappa shape index (κ3) is 3.48. The highest BCUT2D eigenvalue weighted by Gasteiger charge is 2.46. The van der Waals surface area contributed by atoms with Crippen molar-refractivity contribution in [1.82, 2.24) is 10.2 Å². The number of thiophene rings is 1. The predicted octanol–water partition coefficient (Wildman–Crippen LogP) is 1.40. The van der Waals surface area contributed by atoms with Crippen molar-refractivity contribution in [1.29, 1.82) is 0 Å². The van der Waals surface area contributed by atoms with E-state index in [4.69, 9.17) is 4.74 Å². The molecule has 2 saturated heterocycles. The Labute approximate surface area is 145 Å². The molecule has 7 heteroatoms. The Balaban J connectivity index is 1.83. The zero-order valence-electron chi connectivity index (χ0n) is 14.0. The summed E-state index contributed by atoms with van der Waals surface area (Å²) in [5.74, 6) is -0.197. The molecule has 3 heterocycles. The van der Waals surface area contributed by atoms with E-state index in [9.17, 15) is 14.7 Å². The standard InChI is InChI=1S/C17H24N2O4S/c1-11(20)18-15-10-23-13-5-3-7-19(12(13)9-17(15,2)22)16(21)14-6-4-8-24-14/h4,6,8,12-13,15,22H,3,5,7,9-10H2,1-2H3,(H,18,20)/t12-,13-,15-,17-/m1/s1. The topological polar surface area (TPSA) is 78.9 Å².